The number of halogens is 3. The monoisotopic (exact) mass is 536 g/mol. The second-order valence-corrected chi connectivity index (χ2v) is 9.84. The number of aliphatic hydroxyl groups excluding tert-OH is 1. The molecule has 0 radical (unpaired) electrons. The van der Waals surface area contributed by atoms with Gasteiger partial charge in [-0.2, -0.15) is 18.2 Å². The lowest BCUT2D eigenvalue weighted by atomic mass is 9.97. The number of hydrogen-bond donors (Lipinski definition) is 1. The molecule has 4 rings (SSSR count). The highest BCUT2D eigenvalue weighted by molar-refractivity contribution is 5.72. The average Bonchev–Trinajstić information content (AvgIpc) is 3.51. The molecule has 9 nitrogen and oxygen atoms in total. The van der Waals surface area contributed by atoms with Gasteiger partial charge in [0.15, 0.2) is 5.69 Å². The van der Waals surface area contributed by atoms with Gasteiger partial charge in [0.05, 0.1) is 18.6 Å². The molecular weight excluding hydrogens is 505 g/mol. The number of β-amino-alcohol motifs (C(OH)–C–C–N with tert-alkyl or cyclic N) is 1. The number of alkyl halides is 3. The number of benzene rings is 1. The Morgan fingerprint density at radius 3 is 2.61 bits per heavy atom. The predicted octanol–water partition coefficient (Wildman–Crippen LogP) is 4.92. The van der Waals surface area contributed by atoms with Crippen molar-refractivity contribution in [2.75, 3.05) is 26.2 Å². The highest BCUT2D eigenvalue weighted by Gasteiger charge is 2.42. The number of aliphatic hydroxyl groups is 1. The molecule has 0 spiro atoms. The van der Waals surface area contributed by atoms with Crippen LogP contribution in [0.5, 0.6) is 0 Å². The molecule has 1 fully saturated rings. The second-order valence-electron chi connectivity index (χ2n) is 9.84. The number of carbonyl (C=O) groups is 1. The summed E-state index contributed by atoms with van der Waals surface area (Å²) in [5, 5.41) is 18.1. The highest BCUT2D eigenvalue weighted by atomic mass is 19.4. The molecule has 206 valence electrons. The van der Waals surface area contributed by atoms with Crippen molar-refractivity contribution in [2.45, 2.75) is 52.3 Å². The van der Waals surface area contributed by atoms with Gasteiger partial charge in [-0.3, -0.25) is 9.69 Å². The zero-order chi connectivity index (χ0) is 27.4. The Labute approximate surface area is 217 Å². The van der Waals surface area contributed by atoms with Crippen molar-refractivity contribution in [3.05, 3.63) is 41.2 Å². The van der Waals surface area contributed by atoms with Gasteiger partial charge in [0, 0.05) is 25.1 Å². The Morgan fingerprint density at radius 1 is 1.21 bits per heavy atom. The SMILES string of the molecule is CCOC(=O)[C@H]1CCCN(CC(O)c2ccc(-c3noc(-c4noc(CC(C)C)c4C(F)(F)F)n3)cc2)C1. The fourth-order valence-electron chi connectivity index (χ4n) is 4.59. The van der Waals surface area contributed by atoms with E-state index < -0.39 is 29.4 Å². The minimum Gasteiger partial charge on any atom is -0.466 e. The summed E-state index contributed by atoms with van der Waals surface area (Å²) < 4.78 is 56.5. The van der Waals surface area contributed by atoms with E-state index in [1.165, 1.54) is 0 Å². The lowest BCUT2D eigenvalue weighted by Gasteiger charge is -2.32. The fourth-order valence-corrected chi connectivity index (χ4v) is 4.59. The van der Waals surface area contributed by atoms with Crippen molar-refractivity contribution >= 4 is 5.97 Å². The van der Waals surface area contributed by atoms with Gasteiger partial charge in [-0.05, 0) is 37.8 Å². The first-order chi connectivity index (χ1) is 18.1. The molecule has 12 heteroatoms. The van der Waals surface area contributed by atoms with Crippen LogP contribution in [0.15, 0.2) is 33.3 Å². The average molecular weight is 537 g/mol. The molecule has 1 saturated heterocycles. The Morgan fingerprint density at radius 2 is 1.95 bits per heavy atom. The Kier molecular flexibility index (Phi) is 8.51. The van der Waals surface area contributed by atoms with Crippen LogP contribution in [0.1, 0.15) is 56.6 Å². The van der Waals surface area contributed by atoms with Gasteiger partial charge in [0.2, 0.25) is 5.82 Å². The maximum absolute atomic E-state index is 13.8. The summed E-state index contributed by atoms with van der Waals surface area (Å²) in [5.74, 6) is -1.07. The summed E-state index contributed by atoms with van der Waals surface area (Å²) in [6, 6.07) is 6.70. The molecule has 0 amide bonds. The molecule has 1 unspecified atom stereocenters. The van der Waals surface area contributed by atoms with E-state index in [2.05, 4.69) is 15.3 Å². The minimum atomic E-state index is -4.70. The van der Waals surface area contributed by atoms with Gasteiger partial charge in [-0.15, -0.1) is 0 Å². The molecule has 3 heterocycles. The summed E-state index contributed by atoms with van der Waals surface area (Å²) in [6.45, 7) is 7.33. The highest BCUT2D eigenvalue weighted by Crippen LogP contribution is 2.40. The van der Waals surface area contributed by atoms with Gasteiger partial charge in [0.1, 0.15) is 11.3 Å². The lowest BCUT2D eigenvalue weighted by molar-refractivity contribution is -0.150. The van der Waals surface area contributed by atoms with E-state index >= 15 is 0 Å². The van der Waals surface area contributed by atoms with Crippen LogP contribution in [-0.2, 0) is 22.1 Å². The van der Waals surface area contributed by atoms with Gasteiger partial charge in [-0.25, -0.2) is 0 Å². The summed E-state index contributed by atoms with van der Waals surface area (Å²) >= 11 is 0. The minimum absolute atomic E-state index is 0.0630. The maximum atomic E-state index is 13.8. The van der Waals surface area contributed by atoms with E-state index in [1.807, 2.05) is 4.90 Å². The third-order valence-corrected chi connectivity index (χ3v) is 6.38. The third-order valence-electron chi connectivity index (χ3n) is 6.38. The van der Waals surface area contributed by atoms with Crippen LogP contribution in [0.3, 0.4) is 0 Å². The molecule has 0 saturated carbocycles. The van der Waals surface area contributed by atoms with Crippen LogP contribution >= 0.6 is 0 Å². The number of esters is 1. The third kappa shape index (κ3) is 6.41. The first-order valence-corrected chi connectivity index (χ1v) is 12.6. The Hall–Kier alpha value is -3.25. The zero-order valence-electron chi connectivity index (χ0n) is 21.5. The van der Waals surface area contributed by atoms with Crippen LogP contribution in [0, 0.1) is 11.8 Å². The van der Waals surface area contributed by atoms with Crippen molar-refractivity contribution in [1.29, 1.82) is 0 Å². The molecule has 0 bridgehead atoms. The van der Waals surface area contributed by atoms with Gasteiger partial charge < -0.3 is 18.9 Å². The van der Waals surface area contributed by atoms with E-state index in [4.69, 9.17) is 13.8 Å². The van der Waals surface area contributed by atoms with E-state index in [0.29, 0.717) is 30.8 Å². The zero-order valence-corrected chi connectivity index (χ0v) is 21.5. The normalized spacial score (nSPS) is 17.6. The van der Waals surface area contributed by atoms with E-state index in [9.17, 15) is 23.1 Å². The van der Waals surface area contributed by atoms with Crippen LogP contribution in [-0.4, -0.2) is 57.5 Å². The van der Waals surface area contributed by atoms with Crippen molar-refractivity contribution in [3.63, 3.8) is 0 Å². The first-order valence-electron chi connectivity index (χ1n) is 12.6. The van der Waals surface area contributed by atoms with Crippen LogP contribution < -0.4 is 0 Å². The van der Waals surface area contributed by atoms with Crippen molar-refractivity contribution in [2.24, 2.45) is 11.8 Å². The number of hydrogen-bond acceptors (Lipinski definition) is 9. The summed E-state index contributed by atoms with van der Waals surface area (Å²) in [5.41, 5.74) is -0.412. The maximum Gasteiger partial charge on any atom is 0.422 e. The van der Waals surface area contributed by atoms with Crippen LogP contribution in [0.4, 0.5) is 13.2 Å². The number of ether oxygens (including phenoxy) is 1. The van der Waals surface area contributed by atoms with Crippen LogP contribution in [0.25, 0.3) is 23.0 Å². The molecule has 1 N–H and O–H groups in total. The number of aromatic nitrogens is 3. The molecule has 0 aliphatic carbocycles. The molecular formula is C26H31F3N4O5. The smallest absolute Gasteiger partial charge is 0.422 e. The quantitative estimate of drug-likeness (QED) is 0.381. The molecule has 1 aliphatic rings. The fraction of sp³-hybridized carbons (Fsp3) is 0.538. The van der Waals surface area contributed by atoms with E-state index in [0.717, 1.165) is 19.4 Å². The first kappa shape index (κ1) is 27.8. The summed E-state index contributed by atoms with van der Waals surface area (Å²) in [7, 11) is 0. The molecule has 2 atom stereocenters. The topological polar surface area (TPSA) is 115 Å². The molecule has 2 aromatic heterocycles. The Balaban J connectivity index is 1.45. The number of piperidine rings is 1. The van der Waals surface area contributed by atoms with Crippen molar-refractivity contribution in [3.8, 4) is 23.0 Å². The van der Waals surface area contributed by atoms with Gasteiger partial charge in [-0.1, -0.05) is 48.4 Å². The summed E-state index contributed by atoms with van der Waals surface area (Å²) in [6.07, 6.45) is -3.82. The second kappa shape index (κ2) is 11.6. The summed E-state index contributed by atoms with van der Waals surface area (Å²) in [4.78, 5) is 18.2. The van der Waals surface area contributed by atoms with E-state index in [1.54, 1.807) is 45.0 Å². The number of carbonyl (C=O) groups excluding carboxylic acids is 1. The Bertz CT molecular complexity index is 1220. The lowest BCUT2D eigenvalue weighted by Crippen LogP contribution is -2.41. The van der Waals surface area contributed by atoms with Gasteiger partial charge in [0.25, 0.3) is 5.89 Å². The number of nitrogens with zero attached hydrogens (tertiary/aromatic N) is 4. The molecule has 3 aromatic rings. The molecule has 38 heavy (non-hydrogen) atoms. The molecule has 1 aromatic carbocycles. The predicted molar refractivity (Wildman–Crippen MR) is 130 cm³/mol. The largest absolute Gasteiger partial charge is 0.466 e. The molecule has 1 aliphatic heterocycles. The van der Waals surface area contributed by atoms with Crippen molar-refractivity contribution < 1.29 is 36.9 Å². The van der Waals surface area contributed by atoms with Crippen LogP contribution in [0.2, 0.25) is 0 Å². The number of rotatable bonds is 9. The number of likely N-dealkylation sites (tertiary alicyclic amines) is 1. The van der Waals surface area contributed by atoms with Gasteiger partial charge >= 0.3 is 12.1 Å². The standard InChI is InChI=1S/C26H31F3N4O5/c1-4-36-25(35)18-6-5-11-33(13-18)14-19(34)16-7-9-17(10-8-16)23-30-24(38-32-23)22-21(26(27,28)29)20(37-31-22)12-15(2)3/h7-10,15,18-19,34H,4-6,11-14H2,1-3H3/t18-,19?/m0/s1. The van der Waals surface area contributed by atoms with E-state index in [-0.39, 0.29) is 35.8 Å². The van der Waals surface area contributed by atoms with Crippen molar-refractivity contribution in [1.82, 2.24) is 20.2 Å².